The van der Waals surface area contributed by atoms with Crippen molar-refractivity contribution in [3.63, 3.8) is 0 Å². The predicted octanol–water partition coefficient (Wildman–Crippen LogP) is 1.86. The van der Waals surface area contributed by atoms with Crippen LogP contribution in [0.2, 0.25) is 0 Å². The molecule has 1 aliphatic rings. The highest BCUT2D eigenvalue weighted by Crippen LogP contribution is 2.13. The van der Waals surface area contributed by atoms with Gasteiger partial charge in [-0.05, 0) is 6.42 Å². The maximum absolute atomic E-state index is 13.3. The Morgan fingerprint density at radius 3 is 2.86 bits per heavy atom. The van der Waals surface area contributed by atoms with Crippen molar-refractivity contribution < 1.29 is 4.39 Å². The topological polar surface area (TPSA) is 42.6 Å². The number of alkyl halides is 1. The molecule has 0 fully saturated rings. The molecule has 0 N–H and O–H groups in total. The molecule has 5 heteroatoms. The summed E-state index contributed by atoms with van der Waals surface area (Å²) in [6.45, 7) is 2.71. The largest absolute Gasteiger partial charge is 0.277 e. The van der Waals surface area contributed by atoms with E-state index in [0.29, 0.717) is 6.54 Å². The van der Waals surface area contributed by atoms with Crippen LogP contribution in [0, 0.1) is 11.5 Å². The molecule has 0 aromatic carbocycles. The lowest BCUT2D eigenvalue weighted by molar-refractivity contribution is 0.0388. The van der Waals surface area contributed by atoms with Gasteiger partial charge in [0.25, 0.3) is 6.42 Å². The molecular weight excluding hydrogens is 183 g/mol. The number of nitrogens with zero attached hydrogens (tertiary/aromatic N) is 4. The van der Waals surface area contributed by atoms with Gasteiger partial charge < -0.3 is 0 Å². The third-order valence-electron chi connectivity index (χ3n) is 2.16. The summed E-state index contributed by atoms with van der Waals surface area (Å²) in [5.41, 5.74) is 0. The fraction of sp³-hybridized carbons (Fsp3) is 0.778. The van der Waals surface area contributed by atoms with Crippen molar-refractivity contribution in [1.29, 1.82) is 5.26 Å². The molecule has 1 aliphatic heterocycles. The van der Waals surface area contributed by atoms with Crippen LogP contribution in [-0.4, -0.2) is 29.2 Å². The Kier molecular flexibility index (Phi) is 4.17. The number of hydrazone groups is 1. The summed E-state index contributed by atoms with van der Waals surface area (Å²) in [7, 11) is 0. The Hall–Kier alpha value is -1.31. The van der Waals surface area contributed by atoms with Gasteiger partial charge in [-0.25, -0.2) is 9.91 Å². The number of unbranched alkanes of at least 4 members (excludes halogenated alkanes) is 3. The summed E-state index contributed by atoms with van der Waals surface area (Å²) in [5, 5.41) is 13.6. The highest BCUT2D eigenvalue weighted by Gasteiger charge is 2.26. The first-order valence-electron chi connectivity index (χ1n) is 4.92. The molecule has 0 aromatic heterocycles. The fourth-order valence-electron chi connectivity index (χ4n) is 1.31. The average molecular weight is 198 g/mol. The molecule has 1 rings (SSSR count). The first-order chi connectivity index (χ1) is 6.79. The van der Waals surface area contributed by atoms with Crippen molar-refractivity contribution in [1.82, 2.24) is 9.91 Å². The van der Waals surface area contributed by atoms with E-state index >= 15 is 0 Å². The van der Waals surface area contributed by atoms with Crippen LogP contribution in [0.4, 0.5) is 4.39 Å². The van der Waals surface area contributed by atoms with Gasteiger partial charge in [-0.1, -0.05) is 26.2 Å². The Morgan fingerprint density at radius 2 is 2.29 bits per heavy atom. The van der Waals surface area contributed by atoms with Gasteiger partial charge in [-0.3, -0.25) is 0 Å². The van der Waals surface area contributed by atoms with E-state index in [4.69, 9.17) is 5.26 Å². The van der Waals surface area contributed by atoms with Gasteiger partial charge in [0.05, 0.1) is 0 Å². The van der Waals surface area contributed by atoms with Gasteiger partial charge in [0.2, 0.25) is 0 Å². The molecule has 1 heterocycles. The van der Waals surface area contributed by atoms with Crippen LogP contribution in [0.1, 0.15) is 32.6 Å². The second kappa shape index (κ2) is 5.43. The second-order valence-electron chi connectivity index (χ2n) is 3.27. The summed E-state index contributed by atoms with van der Waals surface area (Å²) in [5.74, 6) is 0. The summed E-state index contributed by atoms with van der Waals surface area (Å²) in [6.07, 6.45) is 5.87. The zero-order valence-corrected chi connectivity index (χ0v) is 8.36. The molecule has 0 spiro atoms. The monoisotopic (exact) mass is 198 g/mol. The zero-order chi connectivity index (χ0) is 10.4. The molecule has 0 amide bonds. The van der Waals surface area contributed by atoms with Gasteiger partial charge in [-0.15, -0.1) is 0 Å². The highest BCUT2D eigenvalue weighted by molar-refractivity contribution is 5.58. The summed E-state index contributed by atoms with van der Waals surface area (Å²) < 4.78 is 13.3. The lowest BCUT2D eigenvalue weighted by atomic mass is 10.2. The van der Waals surface area contributed by atoms with Crippen LogP contribution in [-0.2, 0) is 0 Å². The predicted molar refractivity (Wildman–Crippen MR) is 51.7 cm³/mol. The molecule has 0 bridgehead atoms. The summed E-state index contributed by atoms with van der Waals surface area (Å²) >= 11 is 0. The molecule has 0 radical (unpaired) electrons. The number of nitriles is 1. The minimum Gasteiger partial charge on any atom is -0.244 e. The SMILES string of the molecule is CCCCCCN1N=CN(C#N)C1F. The van der Waals surface area contributed by atoms with Crippen LogP contribution in [0.3, 0.4) is 0 Å². The van der Waals surface area contributed by atoms with E-state index < -0.39 is 6.42 Å². The Bertz CT molecular complexity index is 235. The highest BCUT2D eigenvalue weighted by atomic mass is 19.1. The minimum atomic E-state index is -1.40. The van der Waals surface area contributed by atoms with Crippen LogP contribution < -0.4 is 0 Å². The van der Waals surface area contributed by atoms with Crippen LogP contribution in [0.25, 0.3) is 0 Å². The number of hydrogen-bond acceptors (Lipinski definition) is 4. The first-order valence-corrected chi connectivity index (χ1v) is 4.92. The van der Waals surface area contributed by atoms with Crippen molar-refractivity contribution >= 4 is 6.34 Å². The van der Waals surface area contributed by atoms with Crippen LogP contribution in [0.15, 0.2) is 5.10 Å². The van der Waals surface area contributed by atoms with Gasteiger partial charge >= 0.3 is 0 Å². The Morgan fingerprint density at radius 1 is 1.50 bits per heavy atom. The molecule has 14 heavy (non-hydrogen) atoms. The van der Waals surface area contributed by atoms with E-state index in [1.165, 1.54) is 11.3 Å². The Balaban J connectivity index is 2.21. The maximum atomic E-state index is 13.3. The average Bonchev–Trinajstić information content (AvgIpc) is 2.55. The van der Waals surface area contributed by atoms with Gasteiger partial charge in [0.15, 0.2) is 6.19 Å². The lowest BCUT2D eigenvalue weighted by Gasteiger charge is -2.18. The standard InChI is InChI=1S/C9H15FN4/c1-2-3-4-5-6-14-9(10)13(7-11)8-12-14/h8-9H,2-6H2,1H3. The van der Waals surface area contributed by atoms with E-state index in [1.54, 1.807) is 6.19 Å². The molecule has 78 valence electrons. The summed E-state index contributed by atoms with van der Waals surface area (Å²) in [4.78, 5) is 0.903. The zero-order valence-electron chi connectivity index (χ0n) is 8.36. The molecule has 0 saturated carbocycles. The van der Waals surface area contributed by atoms with Gasteiger partial charge in [-0.2, -0.15) is 14.8 Å². The van der Waals surface area contributed by atoms with Gasteiger partial charge in [0.1, 0.15) is 6.34 Å². The molecule has 0 saturated heterocycles. The number of rotatable bonds is 5. The quantitative estimate of drug-likeness (QED) is 0.384. The van der Waals surface area contributed by atoms with E-state index in [1.807, 2.05) is 0 Å². The molecule has 1 atom stereocenters. The third-order valence-corrected chi connectivity index (χ3v) is 2.16. The summed E-state index contributed by atoms with van der Waals surface area (Å²) in [6, 6.07) is 0. The number of halogens is 1. The van der Waals surface area contributed by atoms with Gasteiger partial charge in [0, 0.05) is 6.54 Å². The molecule has 1 unspecified atom stereocenters. The lowest BCUT2D eigenvalue weighted by Crippen LogP contribution is -2.33. The fourth-order valence-corrected chi connectivity index (χ4v) is 1.31. The molecular formula is C9H15FN4. The van der Waals surface area contributed by atoms with E-state index in [9.17, 15) is 4.39 Å². The van der Waals surface area contributed by atoms with Crippen molar-refractivity contribution in [2.45, 2.75) is 39.0 Å². The molecule has 0 aliphatic carbocycles. The normalized spacial score (nSPS) is 20.2. The van der Waals surface area contributed by atoms with E-state index in [0.717, 1.165) is 30.6 Å². The first kappa shape index (κ1) is 10.8. The van der Waals surface area contributed by atoms with Crippen LogP contribution in [0.5, 0.6) is 0 Å². The molecule has 0 aromatic rings. The van der Waals surface area contributed by atoms with Crippen molar-refractivity contribution in [3.8, 4) is 6.19 Å². The second-order valence-corrected chi connectivity index (χ2v) is 3.27. The van der Waals surface area contributed by atoms with Crippen molar-refractivity contribution in [2.75, 3.05) is 6.54 Å². The molecule has 4 nitrogen and oxygen atoms in total. The third kappa shape index (κ3) is 2.59. The minimum absolute atomic E-state index is 0.579. The van der Waals surface area contributed by atoms with E-state index in [2.05, 4.69) is 12.0 Å². The Labute approximate surface area is 83.6 Å². The smallest absolute Gasteiger partial charge is 0.244 e. The maximum Gasteiger partial charge on any atom is 0.277 e. The van der Waals surface area contributed by atoms with E-state index in [-0.39, 0.29) is 0 Å². The van der Waals surface area contributed by atoms with Crippen LogP contribution >= 0.6 is 0 Å². The van der Waals surface area contributed by atoms with Crippen molar-refractivity contribution in [3.05, 3.63) is 0 Å². The van der Waals surface area contributed by atoms with Crippen molar-refractivity contribution in [2.24, 2.45) is 5.10 Å². The number of hydrogen-bond donors (Lipinski definition) is 0.